The zero-order chi connectivity index (χ0) is 14.1. The first-order chi connectivity index (χ1) is 9.17. The summed E-state index contributed by atoms with van der Waals surface area (Å²) in [6.45, 7) is 7.03. The Bertz CT molecular complexity index is 354. The molecule has 1 heterocycles. The molecule has 0 saturated heterocycles. The molecule has 6 nitrogen and oxygen atoms in total. The molecule has 0 bridgehead atoms. The molecule has 0 saturated carbocycles. The van der Waals surface area contributed by atoms with E-state index < -0.39 is 0 Å². The molecule has 1 aromatic rings. The van der Waals surface area contributed by atoms with E-state index in [-0.39, 0.29) is 0 Å². The monoisotopic (exact) mass is 270 g/mol. The average molecular weight is 270 g/mol. The summed E-state index contributed by atoms with van der Waals surface area (Å²) in [4.78, 5) is 6.70. The summed E-state index contributed by atoms with van der Waals surface area (Å²) >= 11 is 0. The van der Waals surface area contributed by atoms with Gasteiger partial charge in [0.15, 0.2) is 0 Å². The number of nitrogens with one attached hydrogen (secondary N) is 1. The summed E-state index contributed by atoms with van der Waals surface area (Å²) in [5.41, 5.74) is 1.02. The number of nitrogens with zero attached hydrogens (tertiary/aromatic N) is 3. The van der Waals surface area contributed by atoms with Crippen LogP contribution in [0.4, 0.5) is 5.95 Å². The molecule has 0 atom stereocenters. The Morgan fingerprint density at radius 3 is 2.68 bits per heavy atom. The fraction of sp³-hybridized carbons (Fsp3) is 0.769. The van der Waals surface area contributed by atoms with E-state index in [0.29, 0.717) is 6.61 Å². The van der Waals surface area contributed by atoms with Gasteiger partial charge in [-0.1, -0.05) is 0 Å². The first-order valence-electron chi connectivity index (χ1n) is 6.61. The molecule has 19 heavy (non-hydrogen) atoms. The second-order valence-corrected chi connectivity index (χ2v) is 4.61. The molecule has 1 N–H and O–H groups in total. The lowest BCUT2D eigenvalue weighted by atomic mass is 10.5. The Labute approximate surface area is 115 Å². The summed E-state index contributed by atoms with van der Waals surface area (Å²) in [7, 11) is 5.52. The highest BCUT2D eigenvalue weighted by molar-refractivity contribution is 5.28. The maximum Gasteiger partial charge on any atom is 0.203 e. The molecular weight excluding hydrogens is 244 g/mol. The highest BCUT2D eigenvalue weighted by atomic mass is 16.5. The predicted molar refractivity (Wildman–Crippen MR) is 76.7 cm³/mol. The number of anilines is 1. The minimum Gasteiger partial charge on any atom is -0.383 e. The van der Waals surface area contributed by atoms with Gasteiger partial charge in [-0.25, -0.2) is 4.98 Å². The first kappa shape index (κ1) is 15.9. The van der Waals surface area contributed by atoms with Crippen LogP contribution in [0.2, 0.25) is 0 Å². The molecule has 0 radical (unpaired) electrons. The first-order valence-corrected chi connectivity index (χ1v) is 6.61. The van der Waals surface area contributed by atoms with Gasteiger partial charge in [-0.15, -0.1) is 0 Å². The maximum absolute atomic E-state index is 5.10. The van der Waals surface area contributed by atoms with Crippen LogP contribution < -0.4 is 5.32 Å². The van der Waals surface area contributed by atoms with E-state index in [0.717, 1.165) is 44.4 Å². The van der Waals surface area contributed by atoms with Gasteiger partial charge >= 0.3 is 0 Å². The van der Waals surface area contributed by atoms with Crippen molar-refractivity contribution in [1.82, 2.24) is 14.5 Å². The van der Waals surface area contributed by atoms with Crippen molar-refractivity contribution in [2.45, 2.75) is 13.5 Å². The maximum atomic E-state index is 5.10. The van der Waals surface area contributed by atoms with Gasteiger partial charge in [0, 0.05) is 46.6 Å². The SMILES string of the molecule is COCCN(C)CCNc1nc(C)cn1CCOC. The van der Waals surface area contributed by atoms with E-state index >= 15 is 0 Å². The highest BCUT2D eigenvalue weighted by Gasteiger charge is 2.05. The normalized spacial score (nSPS) is 11.2. The van der Waals surface area contributed by atoms with Crippen LogP contribution in [0.15, 0.2) is 6.20 Å². The van der Waals surface area contributed by atoms with Gasteiger partial charge in [0.2, 0.25) is 5.95 Å². The standard InChI is InChI=1S/C13H26N4O2/c1-12-11-17(8-10-19-4)13(15-12)14-5-6-16(2)7-9-18-3/h11H,5-10H2,1-4H3,(H,14,15). The van der Waals surface area contributed by atoms with Crippen LogP contribution in [0, 0.1) is 6.92 Å². The van der Waals surface area contributed by atoms with E-state index in [1.54, 1.807) is 14.2 Å². The number of hydrogen-bond acceptors (Lipinski definition) is 5. The van der Waals surface area contributed by atoms with Crippen molar-refractivity contribution in [1.29, 1.82) is 0 Å². The van der Waals surface area contributed by atoms with Crippen molar-refractivity contribution in [3.8, 4) is 0 Å². The van der Waals surface area contributed by atoms with Crippen molar-refractivity contribution in [3.05, 3.63) is 11.9 Å². The van der Waals surface area contributed by atoms with E-state index in [1.807, 2.05) is 13.1 Å². The largest absolute Gasteiger partial charge is 0.383 e. The van der Waals surface area contributed by atoms with Gasteiger partial charge in [-0.05, 0) is 14.0 Å². The van der Waals surface area contributed by atoms with Gasteiger partial charge in [-0.3, -0.25) is 0 Å². The van der Waals surface area contributed by atoms with Gasteiger partial charge in [-0.2, -0.15) is 0 Å². The Morgan fingerprint density at radius 2 is 2.00 bits per heavy atom. The fourth-order valence-corrected chi connectivity index (χ4v) is 1.77. The second kappa shape index (κ2) is 8.90. The van der Waals surface area contributed by atoms with E-state index in [4.69, 9.17) is 9.47 Å². The zero-order valence-corrected chi connectivity index (χ0v) is 12.5. The van der Waals surface area contributed by atoms with Crippen LogP contribution in [0.3, 0.4) is 0 Å². The third-order valence-electron chi connectivity index (χ3n) is 2.89. The molecule has 0 aliphatic heterocycles. The van der Waals surface area contributed by atoms with E-state index in [1.165, 1.54) is 0 Å². The molecule has 1 aromatic heterocycles. The van der Waals surface area contributed by atoms with Gasteiger partial charge < -0.3 is 24.3 Å². The Hall–Kier alpha value is -1.11. The molecule has 0 amide bonds. The molecule has 110 valence electrons. The average Bonchev–Trinajstić information content (AvgIpc) is 2.74. The van der Waals surface area contributed by atoms with Crippen molar-refractivity contribution in [3.63, 3.8) is 0 Å². The molecule has 0 aromatic carbocycles. The summed E-state index contributed by atoms with van der Waals surface area (Å²) in [5.74, 6) is 0.912. The Morgan fingerprint density at radius 1 is 1.26 bits per heavy atom. The molecule has 1 rings (SSSR count). The molecule has 0 aliphatic carbocycles. The number of hydrogen-bond donors (Lipinski definition) is 1. The molecule has 0 fully saturated rings. The number of imidazole rings is 1. The smallest absolute Gasteiger partial charge is 0.203 e. The van der Waals surface area contributed by atoms with Crippen LogP contribution in [0.25, 0.3) is 0 Å². The van der Waals surface area contributed by atoms with Crippen molar-refractivity contribution < 1.29 is 9.47 Å². The van der Waals surface area contributed by atoms with Crippen molar-refractivity contribution in [2.75, 3.05) is 59.4 Å². The summed E-state index contributed by atoms with van der Waals surface area (Å²) in [6, 6.07) is 0. The number of aromatic nitrogens is 2. The quantitative estimate of drug-likeness (QED) is 0.682. The number of aryl methyl sites for hydroxylation is 1. The number of rotatable bonds is 10. The predicted octanol–water partition coefficient (Wildman–Crippen LogP) is 0.828. The second-order valence-electron chi connectivity index (χ2n) is 4.61. The minimum absolute atomic E-state index is 0.693. The lowest BCUT2D eigenvalue weighted by Gasteiger charge is -2.16. The van der Waals surface area contributed by atoms with Crippen molar-refractivity contribution >= 4 is 5.95 Å². The molecule has 0 unspecified atom stereocenters. The topological polar surface area (TPSA) is 51.5 Å². The molecule has 6 heteroatoms. The lowest BCUT2D eigenvalue weighted by Crippen LogP contribution is -2.28. The molecule has 0 aliphatic rings. The van der Waals surface area contributed by atoms with Crippen LogP contribution >= 0.6 is 0 Å². The highest BCUT2D eigenvalue weighted by Crippen LogP contribution is 2.07. The summed E-state index contributed by atoms with van der Waals surface area (Å²) in [6.07, 6.45) is 2.04. The third-order valence-corrected chi connectivity index (χ3v) is 2.89. The van der Waals surface area contributed by atoms with Gasteiger partial charge in [0.1, 0.15) is 0 Å². The summed E-state index contributed by atoms with van der Waals surface area (Å²) in [5, 5.41) is 3.36. The Kier molecular flexibility index (Phi) is 7.47. The van der Waals surface area contributed by atoms with Crippen LogP contribution in [0.1, 0.15) is 5.69 Å². The number of methoxy groups -OCH3 is 2. The Balaban J connectivity index is 2.35. The number of ether oxygens (including phenoxy) is 2. The summed E-state index contributed by atoms with van der Waals surface area (Å²) < 4.78 is 12.2. The minimum atomic E-state index is 0.693. The van der Waals surface area contributed by atoms with E-state index in [2.05, 4.69) is 26.8 Å². The van der Waals surface area contributed by atoms with Gasteiger partial charge in [0.25, 0.3) is 0 Å². The molecule has 0 spiro atoms. The third kappa shape index (κ3) is 6.04. The fourth-order valence-electron chi connectivity index (χ4n) is 1.77. The van der Waals surface area contributed by atoms with Gasteiger partial charge in [0.05, 0.1) is 18.9 Å². The van der Waals surface area contributed by atoms with Crippen LogP contribution in [-0.4, -0.2) is 68.6 Å². The lowest BCUT2D eigenvalue weighted by molar-refractivity contribution is 0.163. The zero-order valence-electron chi connectivity index (χ0n) is 12.5. The number of likely N-dealkylation sites (N-methyl/N-ethyl adjacent to an activating group) is 1. The van der Waals surface area contributed by atoms with Crippen LogP contribution in [0.5, 0.6) is 0 Å². The molecular formula is C13H26N4O2. The van der Waals surface area contributed by atoms with E-state index in [9.17, 15) is 0 Å². The van der Waals surface area contributed by atoms with Crippen molar-refractivity contribution in [2.24, 2.45) is 0 Å². The van der Waals surface area contributed by atoms with Crippen LogP contribution in [-0.2, 0) is 16.0 Å².